The van der Waals surface area contributed by atoms with Crippen molar-refractivity contribution in [1.82, 2.24) is 0 Å². The Hall–Kier alpha value is -1.56. The third-order valence-electron chi connectivity index (χ3n) is 3.01. The van der Waals surface area contributed by atoms with Crippen LogP contribution in [0.25, 0.3) is 0 Å². The van der Waals surface area contributed by atoms with Crippen molar-refractivity contribution in [1.29, 1.82) is 0 Å². The smallest absolute Gasteiger partial charge is 0.416 e. The first-order valence-corrected chi connectivity index (χ1v) is 5.20. The molecule has 0 amide bonds. The molecule has 0 spiro atoms. The van der Waals surface area contributed by atoms with E-state index in [4.69, 9.17) is 5.11 Å². The fourth-order valence-corrected chi connectivity index (χ4v) is 1.62. The van der Waals surface area contributed by atoms with Crippen LogP contribution < -0.4 is 0 Å². The van der Waals surface area contributed by atoms with Gasteiger partial charge >= 0.3 is 12.1 Å². The van der Waals surface area contributed by atoms with E-state index in [0.717, 1.165) is 13.0 Å². The lowest BCUT2D eigenvalue weighted by Crippen LogP contribution is -2.40. The average Bonchev–Trinajstić information content (AvgIpc) is 2.26. The molecule has 100 valence electrons. The van der Waals surface area contributed by atoms with Crippen LogP contribution in [0.1, 0.15) is 30.9 Å². The zero-order valence-corrected chi connectivity index (χ0v) is 9.82. The summed E-state index contributed by atoms with van der Waals surface area (Å²) in [6, 6.07) is 4.63. The van der Waals surface area contributed by atoms with Crippen molar-refractivity contribution in [2.45, 2.75) is 31.5 Å². The summed E-state index contributed by atoms with van der Waals surface area (Å²) in [5.41, 5.74) is -3.43. The molecule has 1 aromatic rings. The Morgan fingerprint density at radius 2 is 1.78 bits per heavy atom. The van der Waals surface area contributed by atoms with Crippen molar-refractivity contribution in [3.05, 3.63) is 35.4 Å². The summed E-state index contributed by atoms with van der Waals surface area (Å²) in [6.07, 6.45) is -4.58. The van der Waals surface area contributed by atoms with Gasteiger partial charge in [0.25, 0.3) is 0 Å². The van der Waals surface area contributed by atoms with Gasteiger partial charge in [-0.05, 0) is 18.6 Å². The normalized spacial score (nSPS) is 17.0. The van der Waals surface area contributed by atoms with Gasteiger partial charge in [-0.1, -0.05) is 25.1 Å². The first-order chi connectivity index (χ1) is 8.08. The van der Waals surface area contributed by atoms with Crippen molar-refractivity contribution in [2.24, 2.45) is 0 Å². The van der Waals surface area contributed by atoms with Crippen LogP contribution in [0.3, 0.4) is 0 Å². The number of aliphatic hydroxyl groups is 1. The van der Waals surface area contributed by atoms with Gasteiger partial charge in [0.2, 0.25) is 0 Å². The minimum atomic E-state index is -4.58. The molecular formula is C12H13F3O3. The molecule has 0 heterocycles. The van der Waals surface area contributed by atoms with Gasteiger partial charge in [0.05, 0.1) is 5.56 Å². The molecule has 0 aliphatic rings. The number of alkyl halides is 3. The topological polar surface area (TPSA) is 57.5 Å². The molecule has 2 N–H and O–H groups in total. The van der Waals surface area contributed by atoms with E-state index >= 15 is 0 Å². The summed E-state index contributed by atoms with van der Waals surface area (Å²) in [5.74, 6) is -2.75. The standard InChI is InChI=1S/C12H13F3O3/c1-7(11(2,18)10(16)17)8-5-3-4-6-9(8)12(13,14)15/h3-7,18H,1-2H3,(H,16,17). The Labute approximate surface area is 102 Å². The highest BCUT2D eigenvalue weighted by atomic mass is 19.4. The van der Waals surface area contributed by atoms with Crippen LogP contribution in [0.4, 0.5) is 13.2 Å². The Bertz CT molecular complexity index is 452. The van der Waals surface area contributed by atoms with Crippen LogP contribution in [0.2, 0.25) is 0 Å². The van der Waals surface area contributed by atoms with Gasteiger partial charge in [-0.3, -0.25) is 0 Å². The second-order valence-corrected chi connectivity index (χ2v) is 4.26. The van der Waals surface area contributed by atoms with Crippen LogP contribution in [0, 0.1) is 0 Å². The molecular weight excluding hydrogens is 249 g/mol. The molecule has 0 radical (unpaired) electrons. The lowest BCUT2D eigenvalue weighted by atomic mass is 9.82. The second kappa shape index (κ2) is 4.61. The number of hydrogen-bond acceptors (Lipinski definition) is 2. The van der Waals surface area contributed by atoms with Crippen LogP contribution in [0.15, 0.2) is 24.3 Å². The average molecular weight is 262 g/mol. The Morgan fingerprint density at radius 1 is 1.28 bits per heavy atom. The molecule has 0 fully saturated rings. The molecule has 2 unspecified atom stereocenters. The fourth-order valence-electron chi connectivity index (χ4n) is 1.62. The monoisotopic (exact) mass is 262 g/mol. The molecule has 6 heteroatoms. The van der Waals surface area contributed by atoms with Crippen LogP contribution in [0.5, 0.6) is 0 Å². The summed E-state index contributed by atoms with van der Waals surface area (Å²) in [7, 11) is 0. The van der Waals surface area contributed by atoms with Crippen LogP contribution in [-0.2, 0) is 11.0 Å². The predicted molar refractivity (Wildman–Crippen MR) is 58.1 cm³/mol. The van der Waals surface area contributed by atoms with Crippen molar-refractivity contribution in [2.75, 3.05) is 0 Å². The van der Waals surface area contributed by atoms with Gasteiger partial charge in [0.15, 0.2) is 5.60 Å². The SMILES string of the molecule is CC(c1ccccc1C(F)(F)F)C(C)(O)C(=O)O. The zero-order valence-electron chi connectivity index (χ0n) is 9.82. The molecule has 2 atom stereocenters. The van der Waals surface area contributed by atoms with E-state index < -0.39 is 29.2 Å². The van der Waals surface area contributed by atoms with E-state index in [9.17, 15) is 23.1 Å². The lowest BCUT2D eigenvalue weighted by molar-refractivity contribution is -0.159. The van der Waals surface area contributed by atoms with Gasteiger partial charge in [-0.2, -0.15) is 13.2 Å². The van der Waals surface area contributed by atoms with Gasteiger partial charge in [0, 0.05) is 5.92 Å². The molecule has 1 rings (SSSR count). The fraction of sp³-hybridized carbons (Fsp3) is 0.417. The number of carboxylic acids is 1. The largest absolute Gasteiger partial charge is 0.479 e. The van der Waals surface area contributed by atoms with Crippen molar-refractivity contribution in [3.63, 3.8) is 0 Å². The van der Waals surface area contributed by atoms with Gasteiger partial charge in [-0.15, -0.1) is 0 Å². The molecule has 0 bridgehead atoms. The van der Waals surface area contributed by atoms with E-state index in [1.165, 1.54) is 25.1 Å². The number of carboxylic acid groups (broad SMARTS) is 1. The van der Waals surface area contributed by atoms with E-state index in [-0.39, 0.29) is 5.56 Å². The summed E-state index contributed by atoms with van der Waals surface area (Å²) in [6.45, 7) is 2.23. The van der Waals surface area contributed by atoms with Gasteiger partial charge in [-0.25, -0.2) is 4.79 Å². The van der Waals surface area contributed by atoms with E-state index in [2.05, 4.69) is 0 Å². The number of aliphatic carboxylic acids is 1. The Morgan fingerprint density at radius 3 is 2.22 bits per heavy atom. The van der Waals surface area contributed by atoms with Crippen LogP contribution >= 0.6 is 0 Å². The van der Waals surface area contributed by atoms with E-state index in [1.807, 2.05) is 0 Å². The molecule has 18 heavy (non-hydrogen) atoms. The van der Waals surface area contributed by atoms with Gasteiger partial charge < -0.3 is 10.2 Å². The predicted octanol–water partition coefficient (Wildman–Crippen LogP) is 2.64. The summed E-state index contributed by atoms with van der Waals surface area (Å²) >= 11 is 0. The molecule has 0 saturated heterocycles. The molecule has 0 aliphatic carbocycles. The number of hydrogen-bond donors (Lipinski definition) is 2. The summed E-state index contributed by atoms with van der Waals surface area (Å²) in [5, 5.41) is 18.6. The highest BCUT2D eigenvalue weighted by Crippen LogP contribution is 2.38. The first-order valence-electron chi connectivity index (χ1n) is 5.20. The number of carbonyl (C=O) groups is 1. The van der Waals surface area contributed by atoms with E-state index in [0.29, 0.717) is 0 Å². The molecule has 3 nitrogen and oxygen atoms in total. The first kappa shape index (κ1) is 14.5. The molecule has 0 aromatic heterocycles. The quantitative estimate of drug-likeness (QED) is 0.880. The minimum absolute atomic E-state index is 0.239. The molecule has 1 aromatic carbocycles. The number of halogens is 3. The maximum absolute atomic E-state index is 12.8. The molecule has 0 aliphatic heterocycles. The summed E-state index contributed by atoms with van der Waals surface area (Å²) < 4.78 is 38.3. The van der Waals surface area contributed by atoms with Crippen molar-refractivity contribution >= 4 is 5.97 Å². The zero-order chi connectivity index (χ0) is 14.1. The maximum Gasteiger partial charge on any atom is 0.416 e. The highest BCUT2D eigenvalue weighted by molar-refractivity contribution is 5.78. The Balaban J connectivity index is 3.31. The second-order valence-electron chi connectivity index (χ2n) is 4.26. The third-order valence-corrected chi connectivity index (χ3v) is 3.01. The van der Waals surface area contributed by atoms with Crippen LogP contribution in [-0.4, -0.2) is 21.8 Å². The lowest BCUT2D eigenvalue weighted by Gasteiger charge is -2.28. The third kappa shape index (κ3) is 2.64. The maximum atomic E-state index is 12.8. The highest BCUT2D eigenvalue weighted by Gasteiger charge is 2.42. The number of rotatable bonds is 3. The minimum Gasteiger partial charge on any atom is -0.479 e. The van der Waals surface area contributed by atoms with E-state index in [1.54, 1.807) is 0 Å². The summed E-state index contributed by atoms with van der Waals surface area (Å²) in [4.78, 5) is 10.9. The number of benzene rings is 1. The Kier molecular flexibility index (Phi) is 3.71. The van der Waals surface area contributed by atoms with Crippen molar-refractivity contribution < 1.29 is 28.2 Å². The molecule has 0 saturated carbocycles. The van der Waals surface area contributed by atoms with Crippen molar-refractivity contribution in [3.8, 4) is 0 Å². The van der Waals surface area contributed by atoms with Gasteiger partial charge in [0.1, 0.15) is 0 Å².